The third-order valence-corrected chi connectivity index (χ3v) is 7.59. The molecule has 1 atom stereocenters. The fourth-order valence-electron chi connectivity index (χ4n) is 4.49. The molecule has 6 nitrogen and oxygen atoms in total. The predicted molar refractivity (Wildman–Crippen MR) is 123 cm³/mol. The summed E-state index contributed by atoms with van der Waals surface area (Å²) in [6, 6.07) is 3.95. The van der Waals surface area contributed by atoms with Gasteiger partial charge in [0.15, 0.2) is 5.96 Å². The summed E-state index contributed by atoms with van der Waals surface area (Å²) in [7, 11) is 2.23. The van der Waals surface area contributed by atoms with Crippen molar-refractivity contribution in [3.63, 3.8) is 0 Å². The number of aliphatic hydroxyl groups is 1. The number of nitrogens with one attached hydrogen (secondary N) is 2. The van der Waals surface area contributed by atoms with Crippen LogP contribution in [0.1, 0.15) is 50.8 Å². The highest BCUT2D eigenvalue weighted by atomic mass is 32.1. The quantitative estimate of drug-likeness (QED) is 0.466. The summed E-state index contributed by atoms with van der Waals surface area (Å²) in [5.74, 6) is 0.805. The zero-order valence-electron chi connectivity index (χ0n) is 18.4. The van der Waals surface area contributed by atoms with E-state index in [1.54, 1.807) is 11.3 Å². The fraction of sp³-hybridized carbons (Fsp3) is 0.773. The Morgan fingerprint density at radius 1 is 1.21 bits per heavy atom. The molecule has 2 fully saturated rings. The second-order valence-electron chi connectivity index (χ2n) is 8.88. The number of guanidine groups is 1. The predicted octanol–water partition coefficient (Wildman–Crippen LogP) is 2.46. The Kier molecular flexibility index (Phi) is 7.96. The molecule has 3 N–H and O–H groups in total. The van der Waals surface area contributed by atoms with Crippen molar-refractivity contribution in [1.29, 1.82) is 0 Å². The second kappa shape index (κ2) is 10.2. The number of rotatable bonds is 7. The average Bonchev–Trinajstić information content (AvgIpc) is 3.28. The first-order valence-electron chi connectivity index (χ1n) is 11.2. The molecule has 0 bridgehead atoms. The monoisotopic (exact) mass is 421 g/mol. The summed E-state index contributed by atoms with van der Waals surface area (Å²) < 4.78 is 0. The van der Waals surface area contributed by atoms with E-state index in [-0.39, 0.29) is 5.54 Å². The maximum atomic E-state index is 10.8. The average molecular weight is 422 g/mol. The van der Waals surface area contributed by atoms with Gasteiger partial charge in [-0.3, -0.25) is 4.90 Å². The van der Waals surface area contributed by atoms with Gasteiger partial charge < -0.3 is 20.6 Å². The molecular weight excluding hydrogens is 382 g/mol. The molecule has 1 aromatic heterocycles. The van der Waals surface area contributed by atoms with Crippen molar-refractivity contribution in [2.24, 2.45) is 4.99 Å². The van der Waals surface area contributed by atoms with Gasteiger partial charge in [-0.2, -0.15) is 0 Å². The maximum absolute atomic E-state index is 10.8. The molecule has 2 aliphatic rings. The molecule has 1 aromatic rings. The van der Waals surface area contributed by atoms with Gasteiger partial charge in [-0.05, 0) is 84.2 Å². The van der Waals surface area contributed by atoms with Gasteiger partial charge in [-0.1, -0.05) is 12.5 Å². The van der Waals surface area contributed by atoms with Gasteiger partial charge in [0.1, 0.15) is 5.60 Å². The molecule has 29 heavy (non-hydrogen) atoms. The number of nitrogens with zero attached hydrogens (tertiary/aromatic N) is 3. The third kappa shape index (κ3) is 5.94. The zero-order chi connectivity index (χ0) is 20.7. The summed E-state index contributed by atoms with van der Waals surface area (Å²) in [4.78, 5) is 10.9. The van der Waals surface area contributed by atoms with E-state index < -0.39 is 5.60 Å². The summed E-state index contributed by atoms with van der Waals surface area (Å²) in [5.41, 5.74) is -0.728. The lowest BCUT2D eigenvalue weighted by Crippen LogP contribution is -2.62. The molecule has 1 unspecified atom stereocenters. The van der Waals surface area contributed by atoms with Crippen LogP contribution in [-0.4, -0.2) is 79.3 Å². The van der Waals surface area contributed by atoms with Crippen LogP contribution in [0.25, 0.3) is 0 Å². The molecule has 0 saturated carbocycles. The number of hydrogen-bond donors (Lipinski definition) is 3. The normalized spacial score (nSPS) is 23.5. The van der Waals surface area contributed by atoms with E-state index in [0.717, 1.165) is 37.0 Å². The number of thiophene rings is 1. The molecule has 0 spiro atoms. The first-order valence-corrected chi connectivity index (χ1v) is 12.1. The second-order valence-corrected chi connectivity index (χ2v) is 9.82. The standard InChI is InChI=1S/C22H39N5OS/c1-4-23-20(24-17-21(2,28)19-9-8-16-29-19)25-18-22(10-14-26(3)15-11-22)27-12-6-5-7-13-27/h8-9,16,28H,4-7,10-15,17-18H2,1-3H3,(H2,23,24,25). The van der Waals surface area contributed by atoms with Gasteiger partial charge in [0.05, 0.1) is 6.54 Å². The molecule has 2 aliphatic heterocycles. The number of piperidine rings is 2. The van der Waals surface area contributed by atoms with Gasteiger partial charge in [0.2, 0.25) is 0 Å². The molecule has 7 heteroatoms. The van der Waals surface area contributed by atoms with Crippen molar-refractivity contribution in [1.82, 2.24) is 20.4 Å². The SMILES string of the molecule is CCNC(=NCC(C)(O)c1cccs1)NCC1(N2CCCCC2)CCN(C)CC1. The van der Waals surface area contributed by atoms with E-state index in [1.165, 1.54) is 45.2 Å². The largest absolute Gasteiger partial charge is 0.383 e. The summed E-state index contributed by atoms with van der Waals surface area (Å²) in [5, 5.41) is 19.8. The van der Waals surface area contributed by atoms with E-state index in [1.807, 2.05) is 24.4 Å². The fourth-order valence-corrected chi connectivity index (χ4v) is 5.27. The smallest absolute Gasteiger partial charge is 0.191 e. The van der Waals surface area contributed by atoms with E-state index in [9.17, 15) is 5.11 Å². The van der Waals surface area contributed by atoms with Crippen LogP contribution < -0.4 is 10.6 Å². The van der Waals surface area contributed by atoms with Gasteiger partial charge in [0.25, 0.3) is 0 Å². The first-order chi connectivity index (χ1) is 14.0. The van der Waals surface area contributed by atoms with Crippen molar-refractivity contribution < 1.29 is 5.11 Å². The highest BCUT2D eigenvalue weighted by Crippen LogP contribution is 2.31. The third-order valence-electron chi connectivity index (χ3n) is 6.47. The number of aliphatic imine (C=N–C) groups is 1. The minimum atomic E-state index is -0.936. The van der Waals surface area contributed by atoms with Crippen molar-refractivity contribution in [2.75, 3.05) is 52.9 Å². The summed E-state index contributed by atoms with van der Waals surface area (Å²) >= 11 is 1.58. The van der Waals surface area contributed by atoms with Crippen molar-refractivity contribution in [3.05, 3.63) is 22.4 Å². The Bertz CT molecular complexity index is 632. The lowest BCUT2D eigenvalue weighted by molar-refractivity contribution is 0.0172. The van der Waals surface area contributed by atoms with E-state index in [4.69, 9.17) is 4.99 Å². The van der Waals surface area contributed by atoms with Crippen LogP contribution >= 0.6 is 11.3 Å². The van der Waals surface area contributed by atoms with Crippen LogP contribution in [-0.2, 0) is 5.60 Å². The zero-order valence-corrected chi connectivity index (χ0v) is 19.2. The maximum Gasteiger partial charge on any atom is 0.191 e. The number of likely N-dealkylation sites (tertiary alicyclic amines) is 2. The molecule has 3 rings (SSSR count). The first kappa shape index (κ1) is 22.5. The Labute approximate surface area is 180 Å². The van der Waals surface area contributed by atoms with Crippen LogP contribution in [0, 0.1) is 0 Å². The lowest BCUT2D eigenvalue weighted by atomic mass is 9.84. The molecule has 0 amide bonds. The van der Waals surface area contributed by atoms with Gasteiger partial charge >= 0.3 is 0 Å². The van der Waals surface area contributed by atoms with Crippen LogP contribution in [0.2, 0.25) is 0 Å². The molecule has 0 radical (unpaired) electrons. The van der Waals surface area contributed by atoms with E-state index in [2.05, 4.69) is 34.4 Å². The van der Waals surface area contributed by atoms with Crippen LogP contribution in [0.15, 0.2) is 22.5 Å². The van der Waals surface area contributed by atoms with Crippen molar-refractivity contribution in [3.8, 4) is 0 Å². The molecular formula is C22H39N5OS. The topological polar surface area (TPSA) is 63.1 Å². The van der Waals surface area contributed by atoms with Crippen LogP contribution in [0.4, 0.5) is 0 Å². The van der Waals surface area contributed by atoms with E-state index in [0.29, 0.717) is 6.54 Å². The summed E-state index contributed by atoms with van der Waals surface area (Å²) in [6.45, 7) is 10.7. The highest BCUT2D eigenvalue weighted by molar-refractivity contribution is 7.10. The molecule has 0 aromatic carbocycles. The minimum absolute atomic E-state index is 0.208. The van der Waals surface area contributed by atoms with Gasteiger partial charge in [-0.15, -0.1) is 11.3 Å². The Balaban J connectivity index is 1.67. The van der Waals surface area contributed by atoms with Gasteiger partial charge in [-0.25, -0.2) is 4.99 Å². The van der Waals surface area contributed by atoms with Crippen LogP contribution in [0.3, 0.4) is 0 Å². The molecule has 3 heterocycles. The van der Waals surface area contributed by atoms with Gasteiger partial charge in [0, 0.05) is 23.5 Å². The molecule has 0 aliphatic carbocycles. The Hall–Kier alpha value is -1.15. The Morgan fingerprint density at radius 2 is 1.93 bits per heavy atom. The summed E-state index contributed by atoms with van der Waals surface area (Å²) in [6.07, 6.45) is 6.39. The van der Waals surface area contributed by atoms with Crippen LogP contribution in [0.5, 0.6) is 0 Å². The lowest BCUT2D eigenvalue weighted by Gasteiger charge is -2.50. The molecule has 164 valence electrons. The molecule has 2 saturated heterocycles. The van der Waals surface area contributed by atoms with Crippen molar-refractivity contribution in [2.45, 2.75) is 57.1 Å². The minimum Gasteiger partial charge on any atom is -0.383 e. The Morgan fingerprint density at radius 3 is 2.55 bits per heavy atom. The van der Waals surface area contributed by atoms with Crippen molar-refractivity contribution >= 4 is 17.3 Å². The number of hydrogen-bond acceptors (Lipinski definition) is 5. The highest BCUT2D eigenvalue weighted by Gasteiger charge is 2.39. The van der Waals surface area contributed by atoms with E-state index >= 15 is 0 Å².